The number of halogens is 2. The molecule has 1 atom stereocenters. The molecule has 1 unspecified atom stereocenters. The Kier molecular flexibility index (Phi) is 6.13. The summed E-state index contributed by atoms with van der Waals surface area (Å²) >= 11 is 1.10. The molecule has 0 aliphatic carbocycles. The lowest BCUT2D eigenvalue weighted by molar-refractivity contribution is -0.137. The molecule has 1 aliphatic rings. The number of hydrogen-bond acceptors (Lipinski definition) is 5. The van der Waals surface area contributed by atoms with E-state index in [9.17, 15) is 23.2 Å². The van der Waals surface area contributed by atoms with Gasteiger partial charge in [-0.15, -0.1) is 0 Å². The lowest BCUT2D eigenvalue weighted by Crippen LogP contribution is -2.42. The first-order valence-electron chi connectivity index (χ1n) is 7.42. The summed E-state index contributed by atoms with van der Waals surface area (Å²) in [5.74, 6) is -3.27. The first-order chi connectivity index (χ1) is 11.8. The van der Waals surface area contributed by atoms with Gasteiger partial charge in [-0.1, -0.05) is 11.8 Å². The molecule has 1 aliphatic heterocycles. The smallest absolute Gasteiger partial charge is 0.333 e. The fourth-order valence-electron chi connectivity index (χ4n) is 2.15. The number of carbonyl (C=O) groups is 3. The summed E-state index contributed by atoms with van der Waals surface area (Å²) in [5, 5.41) is 2.59. The van der Waals surface area contributed by atoms with Crippen LogP contribution in [-0.2, 0) is 19.1 Å². The Labute approximate surface area is 147 Å². The van der Waals surface area contributed by atoms with Crippen LogP contribution in [0.5, 0.6) is 0 Å². The van der Waals surface area contributed by atoms with Gasteiger partial charge in [-0.05, 0) is 26.0 Å². The van der Waals surface area contributed by atoms with E-state index in [-0.39, 0.29) is 29.0 Å². The molecule has 0 aromatic heterocycles. The molecule has 1 aromatic carbocycles. The standard InChI is InChI=1S/C16H16F2N2O4S/c1-3-24-15(22)7-14-20(13(21)8-25-14)9(2)16(23)19-12-5-4-10(17)6-11(12)18/h4-7,9H,3,8H2,1-2H3,(H,19,23)/b14-7-. The van der Waals surface area contributed by atoms with Crippen molar-refractivity contribution >= 4 is 35.2 Å². The third kappa shape index (κ3) is 4.56. The maximum atomic E-state index is 13.6. The molecule has 0 bridgehead atoms. The first-order valence-corrected chi connectivity index (χ1v) is 8.41. The van der Waals surface area contributed by atoms with E-state index >= 15 is 0 Å². The topological polar surface area (TPSA) is 75.7 Å². The lowest BCUT2D eigenvalue weighted by atomic mass is 10.2. The van der Waals surface area contributed by atoms with E-state index in [0.29, 0.717) is 6.07 Å². The number of benzene rings is 1. The van der Waals surface area contributed by atoms with Gasteiger partial charge in [0.2, 0.25) is 11.8 Å². The van der Waals surface area contributed by atoms with Crippen molar-refractivity contribution in [2.24, 2.45) is 0 Å². The van der Waals surface area contributed by atoms with Gasteiger partial charge in [0.25, 0.3) is 0 Å². The van der Waals surface area contributed by atoms with Gasteiger partial charge in [0.15, 0.2) is 0 Å². The molecule has 1 heterocycles. The van der Waals surface area contributed by atoms with E-state index in [2.05, 4.69) is 5.32 Å². The summed E-state index contributed by atoms with van der Waals surface area (Å²) in [6, 6.07) is 1.74. The SMILES string of the molecule is CCOC(=O)/C=C1\SCC(=O)N1C(C)C(=O)Nc1ccc(F)cc1F. The van der Waals surface area contributed by atoms with Crippen molar-refractivity contribution in [1.29, 1.82) is 0 Å². The fourth-order valence-corrected chi connectivity index (χ4v) is 3.13. The highest BCUT2D eigenvalue weighted by molar-refractivity contribution is 8.04. The van der Waals surface area contributed by atoms with Crippen LogP contribution in [0.2, 0.25) is 0 Å². The average Bonchev–Trinajstić information content (AvgIpc) is 2.90. The van der Waals surface area contributed by atoms with Crippen molar-refractivity contribution in [1.82, 2.24) is 4.90 Å². The van der Waals surface area contributed by atoms with Crippen LogP contribution in [0.3, 0.4) is 0 Å². The van der Waals surface area contributed by atoms with E-state index in [1.54, 1.807) is 6.92 Å². The second-order valence-corrected chi connectivity index (χ2v) is 6.07. The number of carbonyl (C=O) groups excluding carboxylic acids is 3. The van der Waals surface area contributed by atoms with Gasteiger partial charge in [-0.25, -0.2) is 13.6 Å². The quantitative estimate of drug-likeness (QED) is 0.636. The molecule has 6 nitrogen and oxygen atoms in total. The molecule has 1 N–H and O–H groups in total. The first kappa shape index (κ1) is 18.9. The molecular formula is C16H16F2N2O4S. The van der Waals surface area contributed by atoms with Crippen LogP contribution in [0.25, 0.3) is 0 Å². The number of nitrogens with one attached hydrogen (secondary N) is 1. The summed E-state index contributed by atoms with van der Waals surface area (Å²) in [6.07, 6.45) is 1.14. The van der Waals surface area contributed by atoms with Gasteiger partial charge < -0.3 is 10.1 Å². The van der Waals surface area contributed by atoms with Crippen LogP contribution in [0, 0.1) is 11.6 Å². The minimum Gasteiger partial charge on any atom is -0.463 e. The van der Waals surface area contributed by atoms with E-state index < -0.39 is 29.6 Å². The Bertz CT molecular complexity index is 739. The molecule has 25 heavy (non-hydrogen) atoms. The summed E-state index contributed by atoms with van der Waals surface area (Å²) in [7, 11) is 0. The van der Waals surface area contributed by atoms with Crippen molar-refractivity contribution in [3.8, 4) is 0 Å². The van der Waals surface area contributed by atoms with Crippen molar-refractivity contribution in [2.75, 3.05) is 17.7 Å². The van der Waals surface area contributed by atoms with Crippen LogP contribution in [0.15, 0.2) is 29.3 Å². The maximum absolute atomic E-state index is 13.6. The third-order valence-electron chi connectivity index (χ3n) is 3.33. The summed E-state index contributed by atoms with van der Waals surface area (Å²) in [4.78, 5) is 37.1. The molecule has 2 amide bonds. The van der Waals surface area contributed by atoms with Gasteiger partial charge in [-0.2, -0.15) is 0 Å². The van der Waals surface area contributed by atoms with E-state index in [1.165, 1.54) is 6.92 Å². The highest BCUT2D eigenvalue weighted by atomic mass is 32.2. The van der Waals surface area contributed by atoms with E-state index in [1.807, 2.05) is 0 Å². The van der Waals surface area contributed by atoms with Crippen molar-refractivity contribution in [3.63, 3.8) is 0 Å². The van der Waals surface area contributed by atoms with Gasteiger partial charge >= 0.3 is 5.97 Å². The lowest BCUT2D eigenvalue weighted by Gasteiger charge is -2.24. The molecular weight excluding hydrogens is 354 g/mol. The third-order valence-corrected chi connectivity index (χ3v) is 4.33. The predicted molar refractivity (Wildman–Crippen MR) is 88.5 cm³/mol. The second kappa shape index (κ2) is 8.11. The predicted octanol–water partition coefficient (Wildman–Crippen LogP) is 2.27. The Morgan fingerprint density at radius 1 is 1.44 bits per heavy atom. The van der Waals surface area contributed by atoms with Gasteiger partial charge in [-0.3, -0.25) is 14.5 Å². The highest BCUT2D eigenvalue weighted by Crippen LogP contribution is 2.31. The van der Waals surface area contributed by atoms with Crippen LogP contribution in [0.1, 0.15) is 13.8 Å². The Morgan fingerprint density at radius 3 is 2.80 bits per heavy atom. The number of amides is 2. The number of anilines is 1. The molecule has 2 rings (SSSR count). The average molecular weight is 370 g/mol. The van der Waals surface area contributed by atoms with Crippen LogP contribution >= 0.6 is 11.8 Å². The molecule has 0 radical (unpaired) electrons. The van der Waals surface area contributed by atoms with Gasteiger partial charge in [0, 0.05) is 6.07 Å². The molecule has 1 aromatic rings. The monoisotopic (exact) mass is 370 g/mol. The summed E-state index contributed by atoms with van der Waals surface area (Å²) in [6.45, 7) is 3.27. The Balaban J connectivity index is 2.15. The van der Waals surface area contributed by atoms with E-state index in [4.69, 9.17) is 4.74 Å². The molecule has 134 valence electrons. The zero-order valence-electron chi connectivity index (χ0n) is 13.5. The number of nitrogens with zero attached hydrogens (tertiary/aromatic N) is 1. The number of rotatable bonds is 5. The Morgan fingerprint density at radius 2 is 2.16 bits per heavy atom. The highest BCUT2D eigenvalue weighted by Gasteiger charge is 2.35. The molecule has 1 saturated heterocycles. The maximum Gasteiger partial charge on any atom is 0.333 e. The second-order valence-electron chi connectivity index (χ2n) is 5.08. The normalized spacial score (nSPS) is 16.9. The summed E-state index contributed by atoms with van der Waals surface area (Å²) in [5.41, 5.74) is -0.200. The molecule has 0 saturated carbocycles. The largest absolute Gasteiger partial charge is 0.463 e. The number of ether oxygens (including phenoxy) is 1. The summed E-state index contributed by atoms with van der Waals surface area (Å²) < 4.78 is 31.4. The number of esters is 1. The van der Waals surface area contributed by atoms with Crippen LogP contribution in [-0.4, -0.2) is 41.1 Å². The fraction of sp³-hybridized carbons (Fsp3) is 0.312. The number of thioether (sulfide) groups is 1. The van der Waals surface area contributed by atoms with Gasteiger partial charge in [0.1, 0.15) is 17.7 Å². The minimum atomic E-state index is -0.993. The van der Waals surface area contributed by atoms with Crippen molar-refractivity contribution in [3.05, 3.63) is 40.9 Å². The Hall–Kier alpha value is -2.42. The van der Waals surface area contributed by atoms with Crippen LogP contribution < -0.4 is 5.32 Å². The molecule has 0 spiro atoms. The zero-order valence-corrected chi connectivity index (χ0v) is 14.4. The van der Waals surface area contributed by atoms with Gasteiger partial charge in [0.05, 0.1) is 29.2 Å². The zero-order chi connectivity index (χ0) is 18.6. The van der Waals surface area contributed by atoms with Crippen molar-refractivity contribution in [2.45, 2.75) is 19.9 Å². The van der Waals surface area contributed by atoms with E-state index in [0.717, 1.165) is 34.9 Å². The van der Waals surface area contributed by atoms with Crippen molar-refractivity contribution < 1.29 is 27.9 Å². The molecule has 1 fully saturated rings. The minimum absolute atomic E-state index is 0.0772. The number of hydrogen-bond donors (Lipinski definition) is 1. The van der Waals surface area contributed by atoms with Crippen LogP contribution in [0.4, 0.5) is 14.5 Å². The molecule has 9 heteroatoms.